The molecule has 0 radical (unpaired) electrons. The predicted molar refractivity (Wildman–Crippen MR) is 107 cm³/mol. The number of rotatable bonds is 8. The van der Waals surface area contributed by atoms with Crippen LogP contribution in [0.4, 0.5) is 0 Å². The maximum absolute atomic E-state index is 13.9. The Morgan fingerprint density at radius 1 is 1.04 bits per heavy atom. The molecule has 2 rings (SSSR count). The Morgan fingerprint density at radius 2 is 1.58 bits per heavy atom. The minimum Gasteiger partial charge on any atom is -0.468 e. The number of carbonyl (C=O) groups excluding carboxylic acids is 1. The maximum atomic E-state index is 13.9. The highest BCUT2D eigenvalue weighted by Gasteiger charge is 2.38. The monoisotopic (exact) mass is 373 g/mol. The largest absolute Gasteiger partial charge is 0.468 e. The smallest absolute Gasteiger partial charge is 0.323 e. The van der Waals surface area contributed by atoms with Gasteiger partial charge in [0, 0.05) is 18.5 Å². The summed E-state index contributed by atoms with van der Waals surface area (Å²) in [7, 11) is -1.58. The van der Waals surface area contributed by atoms with Gasteiger partial charge in [0.25, 0.3) is 0 Å². The third-order valence-electron chi connectivity index (χ3n) is 4.44. The molecule has 2 atom stereocenters. The average molecular weight is 373 g/mol. The highest BCUT2D eigenvalue weighted by molar-refractivity contribution is 7.68. The molecule has 0 aromatic heterocycles. The van der Waals surface area contributed by atoms with Crippen LogP contribution in [0, 0.1) is 5.92 Å². The molecule has 0 unspecified atom stereocenters. The van der Waals surface area contributed by atoms with Crippen molar-refractivity contribution in [2.45, 2.75) is 32.9 Å². The van der Waals surface area contributed by atoms with Crippen molar-refractivity contribution >= 4 is 18.6 Å². The second kappa shape index (κ2) is 9.16. The van der Waals surface area contributed by atoms with Crippen molar-refractivity contribution in [3.05, 3.63) is 66.2 Å². The zero-order valence-corrected chi connectivity index (χ0v) is 16.9. The molecule has 0 fully saturated rings. The second-order valence-corrected chi connectivity index (χ2v) is 9.75. The first-order chi connectivity index (χ1) is 12.4. The van der Waals surface area contributed by atoms with E-state index in [1.54, 1.807) is 6.66 Å². The number of methoxy groups -OCH3 is 1. The van der Waals surface area contributed by atoms with Crippen molar-refractivity contribution in [3.63, 3.8) is 0 Å². The number of benzene rings is 2. The first-order valence-electron chi connectivity index (χ1n) is 8.88. The van der Waals surface area contributed by atoms with Gasteiger partial charge in [-0.25, -0.2) is 4.67 Å². The number of carbonyl (C=O) groups is 1. The quantitative estimate of drug-likeness (QED) is 0.511. The summed E-state index contributed by atoms with van der Waals surface area (Å²) in [4.78, 5) is 12.6. The predicted octanol–water partition coefficient (Wildman–Crippen LogP) is 4.31. The molecule has 0 aliphatic heterocycles. The van der Waals surface area contributed by atoms with Crippen LogP contribution in [0.25, 0.3) is 0 Å². The summed E-state index contributed by atoms with van der Waals surface area (Å²) in [5, 5.41) is 0.744. The molecule has 0 aliphatic rings. The van der Waals surface area contributed by atoms with E-state index < -0.39 is 13.3 Å². The fourth-order valence-corrected chi connectivity index (χ4v) is 5.23. The number of hydrogen-bond donors (Lipinski definition) is 0. The minimum atomic E-state index is -2.97. The van der Waals surface area contributed by atoms with Gasteiger partial charge >= 0.3 is 5.97 Å². The molecule has 0 bridgehead atoms. The van der Waals surface area contributed by atoms with Crippen LogP contribution in [-0.4, -0.2) is 30.5 Å². The lowest BCUT2D eigenvalue weighted by molar-refractivity contribution is -0.145. The van der Waals surface area contributed by atoms with Crippen molar-refractivity contribution < 1.29 is 14.1 Å². The molecule has 0 aliphatic carbocycles. The van der Waals surface area contributed by atoms with Gasteiger partial charge in [-0.15, -0.1) is 0 Å². The Balaban J connectivity index is 2.49. The molecular weight excluding hydrogens is 345 g/mol. The van der Waals surface area contributed by atoms with Gasteiger partial charge in [-0.2, -0.15) is 0 Å². The first kappa shape index (κ1) is 20.4. The molecule has 4 nitrogen and oxygen atoms in total. The minimum absolute atomic E-state index is 0.271. The molecule has 26 heavy (non-hydrogen) atoms. The Hall–Kier alpha value is -1.90. The molecule has 5 heteroatoms. The molecule has 0 saturated carbocycles. The molecule has 0 heterocycles. The number of esters is 1. The van der Waals surface area contributed by atoms with E-state index >= 15 is 0 Å². The first-order valence-corrected chi connectivity index (χ1v) is 11.0. The van der Waals surface area contributed by atoms with E-state index in [1.807, 2.05) is 65.3 Å². The molecule has 0 N–H and O–H groups in total. The Morgan fingerprint density at radius 3 is 2.08 bits per heavy atom. The van der Waals surface area contributed by atoms with Crippen molar-refractivity contribution in [3.8, 4) is 0 Å². The second-order valence-electron chi connectivity index (χ2n) is 6.97. The molecular formula is C21H28NO3P. The fourth-order valence-electron chi connectivity index (χ4n) is 3.06. The van der Waals surface area contributed by atoms with Gasteiger partial charge in [-0.05, 0) is 17.9 Å². The lowest BCUT2D eigenvalue weighted by Gasteiger charge is -2.35. The lowest BCUT2D eigenvalue weighted by atomic mass is 10.0. The van der Waals surface area contributed by atoms with E-state index in [0.717, 1.165) is 10.9 Å². The summed E-state index contributed by atoms with van der Waals surface area (Å²) in [6, 6.07) is 18.6. The summed E-state index contributed by atoms with van der Waals surface area (Å²) in [6.07, 6.45) is 0.587. The number of nitrogens with zero attached hydrogens (tertiary/aromatic N) is 1. The van der Waals surface area contributed by atoms with E-state index in [1.165, 1.54) is 7.11 Å². The van der Waals surface area contributed by atoms with Crippen LogP contribution >= 0.6 is 7.29 Å². The van der Waals surface area contributed by atoms with Crippen LogP contribution in [0.2, 0.25) is 0 Å². The summed E-state index contributed by atoms with van der Waals surface area (Å²) >= 11 is 0. The Labute approximate surface area is 156 Å². The summed E-state index contributed by atoms with van der Waals surface area (Å²) < 4.78 is 20.8. The van der Waals surface area contributed by atoms with Crippen LogP contribution in [0.3, 0.4) is 0 Å². The Kier molecular flexibility index (Phi) is 7.19. The average Bonchev–Trinajstić information content (AvgIpc) is 2.65. The molecule has 2 aromatic carbocycles. The molecule has 2 aromatic rings. The van der Waals surface area contributed by atoms with Crippen LogP contribution in [-0.2, 0) is 20.6 Å². The van der Waals surface area contributed by atoms with Gasteiger partial charge in [-0.1, -0.05) is 74.5 Å². The lowest BCUT2D eigenvalue weighted by Crippen LogP contribution is -2.42. The van der Waals surface area contributed by atoms with Gasteiger partial charge in [0.2, 0.25) is 0 Å². The fraction of sp³-hybridized carbons (Fsp3) is 0.381. The third-order valence-corrected chi connectivity index (χ3v) is 7.10. The van der Waals surface area contributed by atoms with Crippen molar-refractivity contribution in [1.82, 2.24) is 4.67 Å². The van der Waals surface area contributed by atoms with Gasteiger partial charge in [0.15, 0.2) is 7.29 Å². The van der Waals surface area contributed by atoms with Crippen LogP contribution in [0.15, 0.2) is 60.7 Å². The van der Waals surface area contributed by atoms with E-state index in [2.05, 4.69) is 13.8 Å². The zero-order chi connectivity index (χ0) is 19.2. The SMILES string of the molecule is COC(=O)[C@@H](CC(C)C)N(Cc1ccccc1)[P@](C)(=O)c1ccccc1. The molecule has 0 saturated heterocycles. The highest BCUT2D eigenvalue weighted by atomic mass is 31.2. The normalized spacial score (nSPS) is 14.8. The summed E-state index contributed by atoms with van der Waals surface area (Å²) in [5.74, 6) is -0.0687. The number of hydrogen-bond acceptors (Lipinski definition) is 3. The standard InChI is InChI=1S/C21H28NO3P/c1-17(2)15-20(21(23)25-3)22(16-18-11-7-5-8-12-18)26(4,24)19-13-9-6-10-14-19/h5-14,17,20H,15-16H2,1-4H3/t20-,26-/m1/s1. The van der Waals surface area contributed by atoms with Gasteiger partial charge in [0.05, 0.1) is 7.11 Å². The van der Waals surface area contributed by atoms with Gasteiger partial charge in [-0.3, -0.25) is 4.79 Å². The van der Waals surface area contributed by atoms with Crippen LogP contribution in [0.1, 0.15) is 25.8 Å². The van der Waals surface area contributed by atoms with E-state index in [-0.39, 0.29) is 11.9 Å². The zero-order valence-electron chi connectivity index (χ0n) is 16.0. The van der Waals surface area contributed by atoms with Crippen molar-refractivity contribution in [2.24, 2.45) is 5.92 Å². The summed E-state index contributed by atoms with van der Waals surface area (Å²) in [5.41, 5.74) is 1.02. The van der Waals surface area contributed by atoms with Gasteiger partial charge in [0.1, 0.15) is 6.04 Å². The molecule has 140 valence electrons. The Bertz CT molecular complexity index is 746. The van der Waals surface area contributed by atoms with Crippen LogP contribution < -0.4 is 5.30 Å². The molecule has 0 amide bonds. The van der Waals surface area contributed by atoms with E-state index in [9.17, 15) is 9.36 Å². The third kappa shape index (κ3) is 5.06. The van der Waals surface area contributed by atoms with Crippen LogP contribution in [0.5, 0.6) is 0 Å². The summed E-state index contributed by atoms with van der Waals surface area (Å²) in [6.45, 7) is 6.27. The number of ether oxygens (including phenoxy) is 1. The van der Waals surface area contributed by atoms with Crippen molar-refractivity contribution in [2.75, 3.05) is 13.8 Å². The van der Waals surface area contributed by atoms with Crippen molar-refractivity contribution in [1.29, 1.82) is 0 Å². The van der Waals surface area contributed by atoms with E-state index in [0.29, 0.717) is 13.0 Å². The topological polar surface area (TPSA) is 46.6 Å². The maximum Gasteiger partial charge on any atom is 0.323 e. The van der Waals surface area contributed by atoms with Gasteiger partial charge < -0.3 is 9.30 Å². The highest BCUT2D eigenvalue weighted by Crippen LogP contribution is 2.48. The molecule has 0 spiro atoms. The van der Waals surface area contributed by atoms with E-state index in [4.69, 9.17) is 4.74 Å².